The van der Waals surface area contributed by atoms with E-state index in [0.29, 0.717) is 22.1 Å². The standard InChI is InChI=1S/C20H22ClNO6S/c1-11(23)17-15-9-16(29-8-7-27-12(2)24)18(22(15)19(17)25)20(26)28-10-13-3-5-14(21)6-4-13/h3-6,11,15,17,23H,7-10H2,1-2H3. The van der Waals surface area contributed by atoms with Crippen molar-refractivity contribution in [1.29, 1.82) is 0 Å². The van der Waals surface area contributed by atoms with Crippen molar-refractivity contribution in [2.75, 3.05) is 12.4 Å². The molecule has 1 saturated heterocycles. The van der Waals surface area contributed by atoms with Crippen molar-refractivity contribution in [2.24, 2.45) is 5.92 Å². The maximum Gasteiger partial charge on any atom is 0.356 e. The predicted molar refractivity (Wildman–Crippen MR) is 108 cm³/mol. The lowest BCUT2D eigenvalue weighted by atomic mass is 9.83. The zero-order chi connectivity index (χ0) is 21.1. The Balaban J connectivity index is 1.71. The molecule has 3 unspecified atom stereocenters. The van der Waals surface area contributed by atoms with E-state index in [-0.39, 0.29) is 36.8 Å². The Morgan fingerprint density at radius 3 is 2.62 bits per heavy atom. The van der Waals surface area contributed by atoms with Crippen molar-refractivity contribution < 1.29 is 29.0 Å². The van der Waals surface area contributed by atoms with Crippen LogP contribution in [0.3, 0.4) is 0 Å². The van der Waals surface area contributed by atoms with Gasteiger partial charge in [0.2, 0.25) is 5.91 Å². The number of nitrogens with zero attached hydrogens (tertiary/aromatic N) is 1. The summed E-state index contributed by atoms with van der Waals surface area (Å²) in [5, 5.41) is 10.5. The van der Waals surface area contributed by atoms with Crippen LogP contribution in [0.5, 0.6) is 0 Å². The molecule has 1 N–H and O–H groups in total. The van der Waals surface area contributed by atoms with Crippen molar-refractivity contribution in [2.45, 2.75) is 39.0 Å². The minimum absolute atomic E-state index is 0.0530. The van der Waals surface area contributed by atoms with Crippen LogP contribution in [0.15, 0.2) is 34.9 Å². The molecule has 2 heterocycles. The summed E-state index contributed by atoms with van der Waals surface area (Å²) in [5.74, 6) is -1.31. The fraction of sp³-hybridized carbons (Fsp3) is 0.450. The number of aliphatic hydroxyl groups excluding tert-OH is 1. The molecule has 0 aliphatic carbocycles. The van der Waals surface area contributed by atoms with Gasteiger partial charge in [-0.05, 0) is 24.6 Å². The van der Waals surface area contributed by atoms with E-state index >= 15 is 0 Å². The normalized spacial score (nSPS) is 21.5. The molecule has 1 aromatic carbocycles. The van der Waals surface area contributed by atoms with Crippen molar-refractivity contribution in [3.05, 3.63) is 45.5 Å². The number of β-lactam (4-membered cyclic amide) rings is 1. The third-order valence-electron chi connectivity index (χ3n) is 4.83. The molecular weight excluding hydrogens is 418 g/mol. The molecule has 3 rings (SSSR count). The van der Waals surface area contributed by atoms with E-state index < -0.39 is 18.0 Å². The molecule has 2 aliphatic heterocycles. The lowest BCUT2D eigenvalue weighted by Crippen LogP contribution is -2.61. The molecule has 0 radical (unpaired) electrons. The summed E-state index contributed by atoms with van der Waals surface area (Å²) in [6.07, 6.45) is -0.322. The average Bonchev–Trinajstić information content (AvgIpc) is 2.98. The van der Waals surface area contributed by atoms with Crippen molar-refractivity contribution >= 4 is 41.2 Å². The molecule has 9 heteroatoms. The summed E-state index contributed by atoms with van der Waals surface area (Å²) < 4.78 is 10.4. The van der Waals surface area contributed by atoms with Gasteiger partial charge < -0.3 is 19.5 Å². The summed E-state index contributed by atoms with van der Waals surface area (Å²) in [5.41, 5.74) is 0.998. The largest absolute Gasteiger partial charge is 0.465 e. The summed E-state index contributed by atoms with van der Waals surface area (Å²) in [6.45, 7) is 3.16. The second-order valence-corrected chi connectivity index (χ2v) is 8.54. The Labute approximate surface area is 178 Å². The highest BCUT2D eigenvalue weighted by Crippen LogP contribution is 2.47. The molecular formula is C20H22ClNO6S. The number of amides is 1. The number of ether oxygens (including phenoxy) is 2. The third kappa shape index (κ3) is 4.76. The predicted octanol–water partition coefficient (Wildman–Crippen LogP) is 2.50. The molecule has 0 saturated carbocycles. The average molecular weight is 440 g/mol. The van der Waals surface area contributed by atoms with Crippen LogP contribution < -0.4 is 0 Å². The number of esters is 2. The Morgan fingerprint density at radius 2 is 2.00 bits per heavy atom. The summed E-state index contributed by atoms with van der Waals surface area (Å²) in [6, 6.07) is 6.68. The Bertz CT molecular complexity index is 838. The van der Waals surface area contributed by atoms with E-state index in [0.717, 1.165) is 5.56 Å². The van der Waals surface area contributed by atoms with Crippen LogP contribution in [0.2, 0.25) is 5.02 Å². The van der Waals surface area contributed by atoms with Gasteiger partial charge in [0, 0.05) is 29.0 Å². The zero-order valence-electron chi connectivity index (χ0n) is 16.1. The Morgan fingerprint density at radius 1 is 1.31 bits per heavy atom. The molecule has 156 valence electrons. The van der Waals surface area contributed by atoms with Gasteiger partial charge in [0.1, 0.15) is 18.9 Å². The number of hydrogen-bond acceptors (Lipinski definition) is 7. The van der Waals surface area contributed by atoms with Crippen LogP contribution in [0, 0.1) is 5.92 Å². The number of aliphatic hydroxyl groups is 1. The Hall–Kier alpha value is -2.03. The van der Waals surface area contributed by atoms with Crippen molar-refractivity contribution in [3.63, 3.8) is 0 Å². The lowest BCUT2D eigenvalue weighted by Gasteiger charge is -2.44. The van der Waals surface area contributed by atoms with E-state index in [2.05, 4.69) is 0 Å². The lowest BCUT2D eigenvalue weighted by molar-refractivity contribution is -0.162. The third-order valence-corrected chi connectivity index (χ3v) is 6.16. The number of benzene rings is 1. The quantitative estimate of drug-likeness (QED) is 0.378. The monoisotopic (exact) mass is 439 g/mol. The highest BCUT2D eigenvalue weighted by molar-refractivity contribution is 8.03. The van der Waals surface area contributed by atoms with Gasteiger partial charge in [-0.25, -0.2) is 4.79 Å². The zero-order valence-corrected chi connectivity index (χ0v) is 17.7. The van der Waals surface area contributed by atoms with Crippen LogP contribution >= 0.6 is 23.4 Å². The summed E-state index contributed by atoms with van der Waals surface area (Å²) in [4.78, 5) is 38.4. The van der Waals surface area contributed by atoms with Crippen LogP contribution in [-0.2, 0) is 30.5 Å². The number of rotatable bonds is 8. The van der Waals surface area contributed by atoms with Gasteiger partial charge >= 0.3 is 11.9 Å². The molecule has 0 spiro atoms. The number of hydrogen-bond donors (Lipinski definition) is 1. The maximum absolute atomic E-state index is 12.8. The molecule has 0 aromatic heterocycles. The second kappa shape index (κ2) is 9.19. The van der Waals surface area contributed by atoms with Gasteiger partial charge in [-0.2, -0.15) is 0 Å². The van der Waals surface area contributed by atoms with Crippen molar-refractivity contribution in [3.8, 4) is 0 Å². The molecule has 29 heavy (non-hydrogen) atoms. The van der Waals surface area contributed by atoms with E-state index in [9.17, 15) is 19.5 Å². The molecule has 0 bridgehead atoms. The first kappa shape index (κ1) is 21.7. The van der Waals surface area contributed by atoms with Crippen LogP contribution in [0.1, 0.15) is 25.8 Å². The van der Waals surface area contributed by atoms with Gasteiger partial charge in [0.25, 0.3) is 0 Å². The van der Waals surface area contributed by atoms with Crippen LogP contribution in [-0.4, -0.2) is 52.4 Å². The molecule has 1 amide bonds. The first-order valence-corrected chi connectivity index (χ1v) is 10.6. The summed E-state index contributed by atoms with van der Waals surface area (Å²) >= 11 is 7.22. The minimum Gasteiger partial charge on any atom is -0.465 e. The number of thioether (sulfide) groups is 1. The highest BCUT2D eigenvalue weighted by Gasteiger charge is 2.56. The van der Waals surface area contributed by atoms with Gasteiger partial charge in [0.15, 0.2) is 0 Å². The van der Waals surface area contributed by atoms with Gasteiger partial charge in [0.05, 0.1) is 18.1 Å². The van der Waals surface area contributed by atoms with E-state index in [1.807, 2.05) is 0 Å². The minimum atomic E-state index is -0.791. The fourth-order valence-electron chi connectivity index (χ4n) is 3.50. The maximum atomic E-state index is 12.8. The molecule has 7 nitrogen and oxygen atoms in total. The van der Waals surface area contributed by atoms with Gasteiger partial charge in [-0.15, -0.1) is 11.8 Å². The van der Waals surface area contributed by atoms with Crippen molar-refractivity contribution in [1.82, 2.24) is 4.90 Å². The second-order valence-electron chi connectivity index (χ2n) is 6.91. The van der Waals surface area contributed by atoms with Gasteiger partial charge in [-0.1, -0.05) is 23.7 Å². The highest BCUT2D eigenvalue weighted by atomic mass is 35.5. The molecule has 1 fully saturated rings. The first-order valence-electron chi connectivity index (χ1n) is 9.21. The fourth-order valence-corrected chi connectivity index (χ4v) is 4.64. The number of fused-ring (bicyclic) bond motifs is 1. The molecule has 1 aromatic rings. The SMILES string of the molecule is CC(=O)OCCSC1=C(C(=O)OCc2ccc(Cl)cc2)N2C(=O)C(C(C)O)C2C1. The number of carbonyl (C=O) groups excluding carboxylic acids is 3. The topological polar surface area (TPSA) is 93.1 Å². The van der Waals surface area contributed by atoms with E-state index in [4.69, 9.17) is 21.1 Å². The van der Waals surface area contributed by atoms with E-state index in [1.165, 1.54) is 23.6 Å². The van der Waals surface area contributed by atoms with Gasteiger partial charge in [-0.3, -0.25) is 9.59 Å². The Kier molecular flexibility index (Phi) is 6.87. The van der Waals surface area contributed by atoms with Crippen LogP contribution in [0.4, 0.5) is 0 Å². The molecule has 3 atom stereocenters. The number of carbonyl (C=O) groups is 3. The van der Waals surface area contributed by atoms with E-state index in [1.54, 1.807) is 31.2 Å². The first-order chi connectivity index (χ1) is 13.8. The number of halogens is 1. The smallest absolute Gasteiger partial charge is 0.356 e. The van der Waals surface area contributed by atoms with Crippen LogP contribution in [0.25, 0.3) is 0 Å². The molecule has 2 aliphatic rings. The summed E-state index contributed by atoms with van der Waals surface area (Å²) in [7, 11) is 0.